The van der Waals surface area contributed by atoms with E-state index in [0.717, 1.165) is 96.3 Å². The Morgan fingerprint density at radius 1 is 0.435 bits per heavy atom. The summed E-state index contributed by atoms with van der Waals surface area (Å²) in [4.78, 5) is 37.4. The van der Waals surface area contributed by atoms with Crippen molar-refractivity contribution >= 4 is 17.3 Å². The van der Waals surface area contributed by atoms with E-state index in [0.29, 0.717) is 81.6 Å². The summed E-state index contributed by atoms with van der Waals surface area (Å²) in [5, 5.41) is 0. The molecule has 0 aliphatic heterocycles. The van der Waals surface area contributed by atoms with E-state index in [-0.39, 0.29) is 16.8 Å². The van der Waals surface area contributed by atoms with Crippen molar-refractivity contribution < 1.29 is 28.6 Å². The molecule has 4 aliphatic carbocycles. The summed E-state index contributed by atoms with van der Waals surface area (Å²) in [6, 6.07) is 0. The van der Waals surface area contributed by atoms with Crippen LogP contribution in [0.25, 0.3) is 0 Å². The lowest BCUT2D eigenvalue weighted by Gasteiger charge is -2.65. The van der Waals surface area contributed by atoms with Crippen LogP contribution in [0.1, 0.15) is 194 Å². The minimum Gasteiger partial charge on any atom is -0.375 e. The van der Waals surface area contributed by atoms with Crippen LogP contribution in [0.5, 0.6) is 0 Å². The molecule has 4 saturated carbocycles. The molecule has 4 aliphatic rings. The van der Waals surface area contributed by atoms with E-state index in [4.69, 9.17) is 14.2 Å². The number of Topliss-reactive ketones (excluding diaryl/α,β-unsaturated/α-hetero) is 3. The third-order valence-corrected chi connectivity index (χ3v) is 10.9. The molecule has 46 heavy (non-hydrogen) atoms. The van der Waals surface area contributed by atoms with Gasteiger partial charge < -0.3 is 14.2 Å². The Morgan fingerprint density at radius 2 is 0.717 bits per heavy atom. The summed E-state index contributed by atoms with van der Waals surface area (Å²) in [5.41, 5.74) is -0.810. The monoisotopic (exact) mass is 647 g/mol. The van der Waals surface area contributed by atoms with E-state index < -0.39 is 0 Å². The van der Waals surface area contributed by atoms with Crippen LogP contribution in [0.4, 0.5) is 0 Å². The molecule has 6 heteroatoms. The molecule has 4 rings (SSSR count). The average Bonchev–Trinajstić information content (AvgIpc) is 3.02. The second-order valence-corrected chi connectivity index (χ2v) is 15.5. The van der Waals surface area contributed by atoms with E-state index >= 15 is 0 Å². The van der Waals surface area contributed by atoms with Gasteiger partial charge in [-0.2, -0.15) is 0 Å². The molecule has 0 aromatic carbocycles. The van der Waals surface area contributed by atoms with Gasteiger partial charge in [-0.25, -0.2) is 0 Å². The van der Waals surface area contributed by atoms with Gasteiger partial charge in [-0.1, -0.05) is 78.6 Å². The highest BCUT2D eigenvalue weighted by molar-refractivity contribution is 5.78. The van der Waals surface area contributed by atoms with Crippen LogP contribution in [0, 0.1) is 5.92 Å². The van der Waals surface area contributed by atoms with E-state index in [1.165, 1.54) is 38.5 Å². The number of ketones is 3. The number of carbonyl (C=O) groups is 3. The fourth-order valence-corrected chi connectivity index (χ4v) is 8.96. The Balaban J connectivity index is 1.53. The summed E-state index contributed by atoms with van der Waals surface area (Å²) < 4.78 is 20.3. The zero-order valence-corrected chi connectivity index (χ0v) is 30.2. The highest BCUT2D eigenvalue weighted by Gasteiger charge is 2.65. The van der Waals surface area contributed by atoms with Crippen molar-refractivity contribution in [3.8, 4) is 0 Å². The van der Waals surface area contributed by atoms with Gasteiger partial charge in [0.2, 0.25) is 0 Å². The number of unbranched alkanes of at least 4 members (excludes halogenated alkanes) is 9. The first-order chi connectivity index (χ1) is 22.3. The van der Waals surface area contributed by atoms with E-state index in [1.807, 2.05) is 0 Å². The van der Waals surface area contributed by atoms with Crippen LogP contribution in [0.15, 0.2) is 0 Å². The number of hydrogen-bond acceptors (Lipinski definition) is 6. The maximum absolute atomic E-state index is 12.5. The number of carbonyl (C=O) groups excluding carboxylic acids is 3. The minimum atomic E-state index is -0.270. The Labute approximate surface area is 282 Å². The van der Waals surface area contributed by atoms with Crippen LogP contribution < -0.4 is 0 Å². The van der Waals surface area contributed by atoms with Crippen LogP contribution in [-0.4, -0.2) is 54.0 Å². The van der Waals surface area contributed by atoms with Crippen molar-refractivity contribution in [3.63, 3.8) is 0 Å². The molecule has 0 aromatic rings. The SMILES string of the molecule is CCCCCCC(=O)CCCOC12CC3CC(OCCCC(=O)CCCCCC)(C1)CC(OCCCC(=O)CCCCCC)(C3)C2. The summed E-state index contributed by atoms with van der Waals surface area (Å²) in [7, 11) is 0. The molecule has 266 valence electrons. The van der Waals surface area contributed by atoms with Crippen LogP contribution >= 0.6 is 0 Å². The van der Waals surface area contributed by atoms with Crippen molar-refractivity contribution in [3.05, 3.63) is 0 Å². The van der Waals surface area contributed by atoms with E-state index in [2.05, 4.69) is 20.8 Å². The van der Waals surface area contributed by atoms with Gasteiger partial charge in [-0.15, -0.1) is 0 Å². The third kappa shape index (κ3) is 13.8. The Hall–Kier alpha value is -1.11. The first-order valence-electron chi connectivity index (χ1n) is 19.7. The maximum Gasteiger partial charge on any atom is 0.132 e. The number of rotatable bonds is 30. The predicted molar refractivity (Wildman–Crippen MR) is 186 cm³/mol. The molecular weight excluding hydrogens is 576 g/mol. The molecular formula is C40H70O6. The maximum atomic E-state index is 12.5. The lowest BCUT2D eigenvalue weighted by atomic mass is 9.50. The van der Waals surface area contributed by atoms with Crippen molar-refractivity contribution in [1.82, 2.24) is 0 Å². The van der Waals surface area contributed by atoms with Crippen LogP contribution in [0.3, 0.4) is 0 Å². The summed E-state index contributed by atoms with van der Waals surface area (Å²) in [5.74, 6) is 1.59. The van der Waals surface area contributed by atoms with E-state index in [9.17, 15) is 14.4 Å². The summed E-state index contributed by atoms with van der Waals surface area (Å²) in [6.07, 6.45) is 25.7. The summed E-state index contributed by atoms with van der Waals surface area (Å²) >= 11 is 0. The fourth-order valence-electron chi connectivity index (χ4n) is 8.96. The van der Waals surface area contributed by atoms with Gasteiger partial charge in [0.05, 0.1) is 16.8 Å². The lowest BCUT2D eigenvalue weighted by Crippen LogP contribution is -2.68. The van der Waals surface area contributed by atoms with Gasteiger partial charge in [0.25, 0.3) is 0 Å². The summed E-state index contributed by atoms with van der Waals surface area (Å²) in [6.45, 7) is 8.42. The normalized spacial score (nSPS) is 26.5. The van der Waals surface area contributed by atoms with Crippen molar-refractivity contribution in [1.29, 1.82) is 0 Å². The van der Waals surface area contributed by atoms with Gasteiger partial charge in [0.15, 0.2) is 0 Å². The molecule has 0 heterocycles. The molecule has 4 fully saturated rings. The molecule has 0 saturated heterocycles. The molecule has 0 N–H and O–H groups in total. The zero-order valence-electron chi connectivity index (χ0n) is 30.2. The largest absolute Gasteiger partial charge is 0.375 e. The molecule has 0 aromatic heterocycles. The van der Waals surface area contributed by atoms with Gasteiger partial charge in [0, 0.05) is 77.6 Å². The first kappa shape index (κ1) is 39.3. The second-order valence-electron chi connectivity index (χ2n) is 15.5. The molecule has 0 unspecified atom stereocenters. The Morgan fingerprint density at radius 3 is 1.00 bits per heavy atom. The molecule has 0 atom stereocenters. The fraction of sp³-hybridized carbons (Fsp3) is 0.925. The highest BCUT2D eigenvalue weighted by Crippen LogP contribution is 2.63. The minimum absolute atomic E-state index is 0.270. The van der Waals surface area contributed by atoms with Crippen molar-refractivity contribution in [2.24, 2.45) is 5.92 Å². The molecule has 0 amide bonds. The number of ether oxygens (including phenoxy) is 3. The van der Waals surface area contributed by atoms with Gasteiger partial charge in [0.1, 0.15) is 17.3 Å². The molecule has 0 radical (unpaired) electrons. The van der Waals surface area contributed by atoms with Crippen LogP contribution in [0.2, 0.25) is 0 Å². The van der Waals surface area contributed by atoms with Gasteiger partial charge in [-0.3, -0.25) is 14.4 Å². The number of hydrogen-bond donors (Lipinski definition) is 0. The van der Waals surface area contributed by atoms with Crippen molar-refractivity contribution in [2.75, 3.05) is 19.8 Å². The zero-order chi connectivity index (χ0) is 33.1. The Bertz CT molecular complexity index is 776. The Kier molecular flexibility index (Phi) is 18.0. The molecule has 4 bridgehead atoms. The topological polar surface area (TPSA) is 78.9 Å². The van der Waals surface area contributed by atoms with Gasteiger partial charge in [-0.05, 0) is 63.7 Å². The van der Waals surface area contributed by atoms with Crippen LogP contribution in [-0.2, 0) is 28.6 Å². The third-order valence-electron chi connectivity index (χ3n) is 10.9. The van der Waals surface area contributed by atoms with Gasteiger partial charge >= 0.3 is 0 Å². The smallest absolute Gasteiger partial charge is 0.132 e. The molecule has 6 nitrogen and oxygen atoms in total. The predicted octanol–water partition coefficient (Wildman–Crippen LogP) is 10.2. The second kappa shape index (κ2) is 21.1. The average molecular weight is 647 g/mol. The lowest BCUT2D eigenvalue weighted by molar-refractivity contribution is -0.291. The highest BCUT2D eigenvalue weighted by atomic mass is 16.5. The van der Waals surface area contributed by atoms with E-state index in [1.54, 1.807) is 0 Å². The standard InChI is InChI=1S/C40H70O6/c1-4-7-10-13-19-35(41)22-16-25-44-38-28-34-29-39(31-38,45-26-17-23-36(42)20-14-11-8-5-2)33-40(30-34,32-38)46-27-18-24-37(43)21-15-12-9-6-3/h34H,4-33H2,1-3H3. The molecule has 0 spiro atoms. The first-order valence-corrected chi connectivity index (χ1v) is 19.7. The van der Waals surface area contributed by atoms with Crippen molar-refractivity contribution in [2.45, 2.75) is 211 Å². The quantitative estimate of drug-likeness (QED) is 0.0723.